The third-order valence-corrected chi connectivity index (χ3v) is 3.24. The van der Waals surface area contributed by atoms with Crippen molar-refractivity contribution in [1.29, 1.82) is 0 Å². The minimum absolute atomic E-state index is 0.0331. The van der Waals surface area contributed by atoms with Crippen LogP contribution in [0.15, 0.2) is 18.2 Å². The second-order valence-corrected chi connectivity index (χ2v) is 4.43. The topological polar surface area (TPSA) is 47.3 Å². The molecular weight excluding hydrogens is 247 g/mol. The Morgan fingerprint density at radius 3 is 2.63 bits per heavy atom. The number of rotatable bonds is 4. The van der Waals surface area contributed by atoms with Gasteiger partial charge in [0.1, 0.15) is 0 Å². The number of halogens is 1. The number of nitrogens with zero attached hydrogens (tertiary/aromatic N) is 2. The van der Waals surface area contributed by atoms with Gasteiger partial charge in [0.2, 0.25) is 0 Å². The van der Waals surface area contributed by atoms with E-state index >= 15 is 0 Å². The maximum Gasteiger partial charge on any atom is 0.165 e. The molecule has 0 amide bonds. The van der Waals surface area contributed by atoms with Crippen molar-refractivity contribution in [2.75, 3.05) is 7.11 Å². The van der Waals surface area contributed by atoms with E-state index in [1.165, 1.54) is 13.2 Å². The largest absolute Gasteiger partial charge is 0.494 e. The van der Waals surface area contributed by atoms with Crippen LogP contribution in [-0.2, 0) is 13.2 Å². The molecule has 0 saturated heterocycles. The van der Waals surface area contributed by atoms with Crippen LogP contribution in [0.1, 0.15) is 22.5 Å². The molecule has 2 rings (SSSR count). The Kier molecular flexibility index (Phi) is 3.85. The van der Waals surface area contributed by atoms with Crippen molar-refractivity contribution < 1.29 is 14.2 Å². The summed E-state index contributed by atoms with van der Waals surface area (Å²) < 4.78 is 20.3. The molecule has 0 fully saturated rings. The Labute approximate surface area is 111 Å². The summed E-state index contributed by atoms with van der Waals surface area (Å²) in [4.78, 5) is 0. The van der Waals surface area contributed by atoms with Crippen molar-refractivity contribution >= 4 is 0 Å². The van der Waals surface area contributed by atoms with Crippen molar-refractivity contribution in [3.8, 4) is 5.75 Å². The fourth-order valence-electron chi connectivity index (χ4n) is 2.10. The van der Waals surface area contributed by atoms with E-state index in [2.05, 4.69) is 5.10 Å². The van der Waals surface area contributed by atoms with Gasteiger partial charge in [0.15, 0.2) is 11.6 Å². The molecule has 5 heteroatoms. The van der Waals surface area contributed by atoms with Gasteiger partial charge in [-0.25, -0.2) is 4.39 Å². The third-order valence-electron chi connectivity index (χ3n) is 3.24. The molecule has 1 heterocycles. The van der Waals surface area contributed by atoms with E-state index in [9.17, 15) is 9.50 Å². The van der Waals surface area contributed by atoms with Crippen LogP contribution in [0.2, 0.25) is 0 Å². The van der Waals surface area contributed by atoms with E-state index in [-0.39, 0.29) is 18.2 Å². The van der Waals surface area contributed by atoms with E-state index in [1.807, 2.05) is 13.8 Å². The van der Waals surface area contributed by atoms with Gasteiger partial charge in [0, 0.05) is 11.3 Å². The van der Waals surface area contributed by atoms with E-state index in [4.69, 9.17) is 4.74 Å². The lowest BCUT2D eigenvalue weighted by molar-refractivity contribution is 0.280. The van der Waals surface area contributed by atoms with Crippen molar-refractivity contribution in [3.05, 3.63) is 46.5 Å². The second-order valence-electron chi connectivity index (χ2n) is 4.43. The highest BCUT2D eigenvalue weighted by Gasteiger charge is 2.11. The Bertz CT molecular complexity index is 593. The molecule has 0 unspecified atom stereocenters. The molecule has 1 aromatic carbocycles. The number of benzene rings is 1. The molecule has 19 heavy (non-hydrogen) atoms. The van der Waals surface area contributed by atoms with E-state index < -0.39 is 0 Å². The standard InChI is InChI=1S/C14H17FN2O2/c1-9-12(8-18)10(2)17(16-9)7-11-4-5-14(19-3)13(15)6-11/h4-6,18H,7-8H2,1-3H3. The molecule has 0 aliphatic heterocycles. The molecule has 0 aliphatic rings. The molecule has 0 spiro atoms. The quantitative estimate of drug-likeness (QED) is 0.920. The summed E-state index contributed by atoms with van der Waals surface area (Å²) in [5.74, 6) is -0.155. The number of ether oxygens (including phenoxy) is 1. The van der Waals surface area contributed by atoms with Crippen LogP contribution in [0.25, 0.3) is 0 Å². The number of methoxy groups -OCH3 is 1. The highest BCUT2D eigenvalue weighted by Crippen LogP contribution is 2.19. The fraction of sp³-hybridized carbons (Fsp3) is 0.357. The molecule has 1 N–H and O–H groups in total. The molecule has 0 radical (unpaired) electrons. The molecule has 0 saturated carbocycles. The second kappa shape index (κ2) is 5.40. The summed E-state index contributed by atoms with van der Waals surface area (Å²) in [6, 6.07) is 4.84. The maximum atomic E-state index is 13.6. The molecule has 1 aromatic heterocycles. The fourth-order valence-corrected chi connectivity index (χ4v) is 2.10. The first-order valence-corrected chi connectivity index (χ1v) is 6.03. The number of hydrogen-bond donors (Lipinski definition) is 1. The van der Waals surface area contributed by atoms with Crippen LogP contribution in [-0.4, -0.2) is 22.0 Å². The number of aliphatic hydroxyl groups is 1. The zero-order chi connectivity index (χ0) is 14.0. The maximum absolute atomic E-state index is 13.6. The summed E-state index contributed by atoms with van der Waals surface area (Å²) in [7, 11) is 1.44. The average Bonchev–Trinajstić information content (AvgIpc) is 2.64. The van der Waals surface area contributed by atoms with Gasteiger partial charge in [-0.1, -0.05) is 6.07 Å². The lowest BCUT2D eigenvalue weighted by Crippen LogP contribution is -2.05. The average molecular weight is 264 g/mol. The number of aliphatic hydroxyl groups excluding tert-OH is 1. The van der Waals surface area contributed by atoms with Crippen molar-refractivity contribution in [2.45, 2.75) is 27.0 Å². The first-order chi connectivity index (χ1) is 9.06. The predicted molar refractivity (Wildman–Crippen MR) is 69.7 cm³/mol. The summed E-state index contributed by atoms with van der Waals surface area (Å²) in [5, 5.41) is 13.6. The third kappa shape index (κ3) is 2.61. The predicted octanol–water partition coefficient (Wildman–Crippen LogP) is 2.19. The normalized spacial score (nSPS) is 10.8. The Morgan fingerprint density at radius 2 is 2.11 bits per heavy atom. The van der Waals surface area contributed by atoms with Crippen molar-refractivity contribution in [3.63, 3.8) is 0 Å². The van der Waals surface area contributed by atoms with Crippen LogP contribution in [0.5, 0.6) is 5.75 Å². The first kappa shape index (κ1) is 13.5. The van der Waals surface area contributed by atoms with Crippen LogP contribution in [0.4, 0.5) is 4.39 Å². The minimum atomic E-state index is -0.385. The van der Waals surface area contributed by atoms with Crippen molar-refractivity contribution in [2.24, 2.45) is 0 Å². The highest BCUT2D eigenvalue weighted by atomic mass is 19.1. The molecule has 102 valence electrons. The van der Waals surface area contributed by atoms with E-state index in [0.29, 0.717) is 6.54 Å². The Hall–Kier alpha value is -1.88. The zero-order valence-corrected chi connectivity index (χ0v) is 11.3. The van der Waals surface area contributed by atoms with Crippen LogP contribution in [0.3, 0.4) is 0 Å². The van der Waals surface area contributed by atoms with Gasteiger partial charge in [0.05, 0.1) is 26.0 Å². The SMILES string of the molecule is COc1ccc(Cn2nc(C)c(CO)c2C)cc1F. The van der Waals surface area contributed by atoms with Gasteiger partial charge in [-0.2, -0.15) is 5.10 Å². The highest BCUT2D eigenvalue weighted by molar-refractivity contribution is 5.30. The molecule has 0 atom stereocenters. The van der Waals surface area contributed by atoms with Gasteiger partial charge in [-0.3, -0.25) is 4.68 Å². The lowest BCUT2D eigenvalue weighted by Gasteiger charge is -2.07. The van der Waals surface area contributed by atoms with Crippen LogP contribution < -0.4 is 4.74 Å². The summed E-state index contributed by atoms with van der Waals surface area (Å²) in [5.41, 5.74) is 3.33. The van der Waals surface area contributed by atoms with Gasteiger partial charge >= 0.3 is 0 Å². The summed E-state index contributed by atoms with van der Waals surface area (Å²) in [6.07, 6.45) is 0. The number of hydrogen-bond acceptors (Lipinski definition) is 3. The zero-order valence-electron chi connectivity index (χ0n) is 11.3. The number of aromatic nitrogens is 2. The minimum Gasteiger partial charge on any atom is -0.494 e. The van der Waals surface area contributed by atoms with Crippen molar-refractivity contribution in [1.82, 2.24) is 9.78 Å². The van der Waals surface area contributed by atoms with Gasteiger partial charge < -0.3 is 9.84 Å². The molecule has 0 bridgehead atoms. The number of aryl methyl sites for hydroxylation is 1. The first-order valence-electron chi connectivity index (χ1n) is 6.03. The van der Waals surface area contributed by atoms with Crippen LogP contribution in [0, 0.1) is 19.7 Å². The van der Waals surface area contributed by atoms with Gasteiger partial charge in [-0.05, 0) is 31.5 Å². The Balaban J connectivity index is 2.29. The smallest absolute Gasteiger partial charge is 0.165 e. The molecular formula is C14H17FN2O2. The lowest BCUT2D eigenvalue weighted by atomic mass is 10.2. The van der Waals surface area contributed by atoms with Crippen LogP contribution >= 0.6 is 0 Å². The molecule has 0 aliphatic carbocycles. The molecule has 4 nitrogen and oxygen atoms in total. The Morgan fingerprint density at radius 1 is 1.37 bits per heavy atom. The summed E-state index contributed by atoms with van der Waals surface area (Å²) in [6.45, 7) is 4.18. The molecule has 2 aromatic rings. The van der Waals surface area contributed by atoms with E-state index in [0.717, 1.165) is 22.5 Å². The van der Waals surface area contributed by atoms with Gasteiger partial charge in [0.25, 0.3) is 0 Å². The summed E-state index contributed by atoms with van der Waals surface area (Å²) >= 11 is 0. The monoisotopic (exact) mass is 264 g/mol. The van der Waals surface area contributed by atoms with E-state index in [1.54, 1.807) is 16.8 Å². The van der Waals surface area contributed by atoms with Gasteiger partial charge in [-0.15, -0.1) is 0 Å².